The fourth-order valence-electron chi connectivity index (χ4n) is 4.28. The van der Waals surface area contributed by atoms with E-state index >= 15 is 0 Å². The predicted molar refractivity (Wildman–Crippen MR) is 143 cm³/mol. The number of hydrogen-bond acceptors (Lipinski definition) is 7. The van der Waals surface area contributed by atoms with E-state index in [9.17, 15) is 15.0 Å². The quantitative estimate of drug-likeness (QED) is 0.158. The minimum atomic E-state index is -0.776. The number of phenols is 1. The van der Waals surface area contributed by atoms with Crippen molar-refractivity contribution in [2.24, 2.45) is 0 Å². The Kier molecular flexibility index (Phi) is 9.13. The number of H-pyrrole nitrogens is 1. The molecule has 0 fully saturated rings. The van der Waals surface area contributed by atoms with Crippen molar-refractivity contribution in [3.8, 4) is 11.5 Å². The molecule has 190 valence electrons. The van der Waals surface area contributed by atoms with Crippen molar-refractivity contribution in [1.29, 1.82) is 0 Å². The van der Waals surface area contributed by atoms with E-state index in [-0.39, 0.29) is 17.4 Å². The first kappa shape index (κ1) is 25.9. The first-order valence-electron chi connectivity index (χ1n) is 12.1. The van der Waals surface area contributed by atoms with Crippen LogP contribution < -0.4 is 14.9 Å². The number of ether oxygens (including phenoxy) is 2. The summed E-state index contributed by atoms with van der Waals surface area (Å²) < 4.78 is 11.3. The van der Waals surface area contributed by atoms with E-state index < -0.39 is 6.10 Å². The lowest BCUT2D eigenvalue weighted by atomic mass is 10.0. The van der Waals surface area contributed by atoms with Gasteiger partial charge in [0.15, 0.2) is 6.79 Å². The molecule has 4 aromatic rings. The molecule has 0 saturated heterocycles. The van der Waals surface area contributed by atoms with Crippen LogP contribution in [0.5, 0.6) is 11.5 Å². The minimum absolute atomic E-state index is 0.00998. The number of hydrogen-bond donors (Lipinski definition) is 4. The Balaban J connectivity index is 1.25. The highest BCUT2D eigenvalue weighted by Crippen LogP contribution is 2.31. The Hall–Kier alpha value is -3.17. The van der Waals surface area contributed by atoms with Crippen molar-refractivity contribution in [2.45, 2.75) is 31.8 Å². The van der Waals surface area contributed by atoms with Gasteiger partial charge < -0.3 is 30.0 Å². The molecule has 1 atom stereocenters. The number of aromatic hydroxyl groups is 1. The summed E-state index contributed by atoms with van der Waals surface area (Å²) in [4.78, 5) is 14.1. The number of phenolic OH excluding ortho intramolecular Hbond substituents is 1. The minimum Gasteiger partial charge on any atom is -0.506 e. The topological polar surface area (TPSA) is 104 Å². The highest BCUT2D eigenvalue weighted by Gasteiger charge is 2.16. The van der Waals surface area contributed by atoms with Crippen molar-refractivity contribution in [3.63, 3.8) is 0 Å². The van der Waals surface area contributed by atoms with Crippen LogP contribution >= 0.6 is 11.3 Å². The van der Waals surface area contributed by atoms with Crippen molar-refractivity contribution < 1.29 is 19.7 Å². The lowest BCUT2D eigenvalue weighted by Crippen LogP contribution is -2.23. The van der Waals surface area contributed by atoms with Gasteiger partial charge in [0.05, 0.1) is 10.8 Å². The molecule has 1 aromatic heterocycles. The first-order chi connectivity index (χ1) is 17.5. The fourth-order valence-corrected chi connectivity index (χ4v) is 5.20. The molecule has 4 rings (SSSR count). The Bertz CT molecular complexity index is 1330. The predicted octanol–water partition coefficient (Wildman–Crippen LogP) is 4.32. The molecule has 0 aliphatic carbocycles. The standard InChI is InChI=1S/C28H32N2O5S/c1-34-18-35-25-11-3-2-9-21(25)10-5-8-19-6-4-7-20(16-19)14-15-29-17-24(32)22-12-13-23(31)26-27(22)36-28(33)30-26/h2-4,6-7,9,11-13,16,24,29,31-32H,5,8,10,14-15,17-18H2,1H3,(H,30,33). The number of benzene rings is 3. The molecular formula is C28H32N2O5S. The number of aromatic nitrogens is 1. The molecule has 0 radical (unpaired) electrons. The maximum Gasteiger partial charge on any atom is 0.305 e. The number of fused-ring (bicyclic) bond motifs is 1. The third kappa shape index (κ3) is 6.73. The molecule has 3 aromatic carbocycles. The van der Waals surface area contributed by atoms with E-state index in [1.165, 1.54) is 22.8 Å². The van der Waals surface area contributed by atoms with Gasteiger partial charge >= 0.3 is 4.87 Å². The van der Waals surface area contributed by atoms with Gasteiger partial charge in [-0.2, -0.15) is 0 Å². The second-order valence-electron chi connectivity index (χ2n) is 8.69. The van der Waals surface area contributed by atoms with Gasteiger partial charge in [-0.1, -0.05) is 59.9 Å². The van der Waals surface area contributed by atoms with Crippen LogP contribution in [0.15, 0.2) is 65.5 Å². The van der Waals surface area contributed by atoms with Gasteiger partial charge in [0, 0.05) is 19.2 Å². The molecule has 1 unspecified atom stereocenters. The molecule has 0 amide bonds. The number of para-hydroxylation sites is 1. The zero-order chi connectivity index (χ0) is 25.3. The molecule has 0 aliphatic heterocycles. The van der Waals surface area contributed by atoms with Gasteiger partial charge in [-0.15, -0.1) is 0 Å². The molecule has 4 N–H and O–H groups in total. The maximum absolute atomic E-state index is 11.7. The molecule has 1 heterocycles. The average Bonchev–Trinajstić information content (AvgIpc) is 3.28. The van der Waals surface area contributed by atoms with Crippen molar-refractivity contribution in [1.82, 2.24) is 10.3 Å². The maximum atomic E-state index is 11.7. The van der Waals surface area contributed by atoms with Crippen molar-refractivity contribution >= 4 is 21.6 Å². The SMILES string of the molecule is COCOc1ccccc1CCCc1cccc(CCNCC(O)c2ccc(O)c3[nH]c(=O)sc23)c1. The summed E-state index contributed by atoms with van der Waals surface area (Å²) in [6.45, 7) is 1.32. The van der Waals surface area contributed by atoms with E-state index in [1.807, 2.05) is 18.2 Å². The molecule has 0 saturated carbocycles. The van der Waals surface area contributed by atoms with E-state index in [0.29, 0.717) is 22.3 Å². The van der Waals surface area contributed by atoms with Gasteiger partial charge in [0.1, 0.15) is 17.0 Å². The van der Waals surface area contributed by atoms with E-state index in [4.69, 9.17) is 9.47 Å². The summed E-state index contributed by atoms with van der Waals surface area (Å²) in [5.41, 5.74) is 4.75. The lowest BCUT2D eigenvalue weighted by molar-refractivity contribution is 0.0504. The number of aliphatic hydroxyl groups is 1. The molecule has 0 spiro atoms. The summed E-state index contributed by atoms with van der Waals surface area (Å²) >= 11 is 0.996. The van der Waals surface area contributed by atoms with E-state index in [0.717, 1.165) is 49.3 Å². The summed E-state index contributed by atoms with van der Waals surface area (Å²) in [6.07, 6.45) is 3.00. The van der Waals surface area contributed by atoms with Crippen LogP contribution in [0.25, 0.3) is 10.2 Å². The Morgan fingerprint density at radius 3 is 2.67 bits per heavy atom. The third-order valence-corrected chi connectivity index (χ3v) is 7.01. The average molecular weight is 509 g/mol. The monoisotopic (exact) mass is 508 g/mol. The second-order valence-corrected chi connectivity index (χ2v) is 9.68. The van der Waals surface area contributed by atoms with Crippen LogP contribution in [0, 0.1) is 0 Å². The van der Waals surface area contributed by atoms with Gasteiger partial charge in [0.25, 0.3) is 0 Å². The number of thiazole rings is 1. The van der Waals surface area contributed by atoms with Crippen LogP contribution in [0.3, 0.4) is 0 Å². The Morgan fingerprint density at radius 1 is 1.03 bits per heavy atom. The largest absolute Gasteiger partial charge is 0.506 e. The second kappa shape index (κ2) is 12.7. The van der Waals surface area contributed by atoms with Crippen LogP contribution in [0.1, 0.15) is 34.8 Å². The number of nitrogens with one attached hydrogen (secondary N) is 2. The highest BCUT2D eigenvalue weighted by atomic mass is 32.1. The number of rotatable bonds is 13. The van der Waals surface area contributed by atoms with Crippen LogP contribution in [0.2, 0.25) is 0 Å². The van der Waals surface area contributed by atoms with Crippen LogP contribution in [0.4, 0.5) is 0 Å². The van der Waals surface area contributed by atoms with Crippen molar-refractivity contribution in [2.75, 3.05) is 27.0 Å². The normalized spacial score (nSPS) is 12.2. The Labute approximate surface area is 214 Å². The smallest absolute Gasteiger partial charge is 0.305 e. The lowest BCUT2D eigenvalue weighted by Gasteiger charge is -2.14. The fraction of sp³-hybridized carbons (Fsp3) is 0.321. The van der Waals surface area contributed by atoms with Gasteiger partial charge in [-0.25, -0.2) is 0 Å². The molecular weight excluding hydrogens is 476 g/mol. The number of aromatic amines is 1. The molecule has 0 aliphatic rings. The van der Waals surface area contributed by atoms with Crippen molar-refractivity contribution in [3.05, 3.63) is 92.6 Å². The number of aliphatic hydroxyl groups excluding tert-OH is 1. The van der Waals surface area contributed by atoms with Gasteiger partial charge in [0.2, 0.25) is 0 Å². The van der Waals surface area contributed by atoms with Crippen LogP contribution in [-0.2, 0) is 24.0 Å². The summed E-state index contributed by atoms with van der Waals surface area (Å²) in [5, 5.41) is 23.9. The first-order valence-corrected chi connectivity index (χ1v) is 12.9. The number of aryl methyl sites for hydroxylation is 2. The molecule has 8 heteroatoms. The van der Waals surface area contributed by atoms with E-state index in [2.05, 4.69) is 40.6 Å². The van der Waals surface area contributed by atoms with Gasteiger partial charge in [-0.3, -0.25) is 4.79 Å². The molecule has 7 nitrogen and oxygen atoms in total. The zero-order valence-corrected chi connectivity index (χ0v) is 21.1. The summed E-state index contributed by atoms with van der Waals surface area (Å²) in [5.74, 6) is 0.885. The zero-order valence-electron chi connectivity index (χ0n) is 20.3. The molecule has 0 bridgehead atoms. The third-order valence-electron chi connectivity index (χ3n) is 6.08. The summed E-state index contributed by atoms with van der Waals surface area (Å²) in [6, 6.07) is 19.9. The highest BCUT2D eigenvalue weighted by molar-refractivity contribution is 7.16. The summed E-state index contributed by atoms with van der Waals surface area (Å²) in [7, 11) is 1.62. The number of methoxy groups -OCH3 is 1. The Morgan fingerprint density at radius 2 is 1.83 bits per heavy atom. The molecule has 36 heavy (non-hydrogen) atoms. The van der Waals surface area contributed by atoms with Gasteiger partial charge in [-0.05, 0) is 61.1 Å². The van der Waals surface area contributed by atoms with Crippen LogP contribution in [-0.4, -0.2) is 42.2 Å². The van der Waals surface area contributed by atoms with E-state index in [1.54, 1.807) is 13.2 Å².